The van der Waals surface area contributed by atoms with Gasteiger partial charge in [0.2, 0.25) is 0 Å². The van der Waals surface area contributed by atoms with E-state index in [0.29, 0.717) is 11.3 Å². The first-order valence-corrected chi connectivity index (χ1v) is 5.10. The zero-order valence-electron chi connectivity index (χ0n) is 9.65. The second kappa shape index (κ2) is 6.34. The van der Waals surface area contributed by atoms with Gasteiger partial charge in [0.05, 0.1) is 13.2 Å². The predicted molar refractivity (Wildman–Crippen MR) is 60.1 cm³/mol. The molecule has 0 aliphatic heterocycles. The van der Waals surface area contributed by atoms with Gasteiger partial charge >= 0.3 is 7.47 Å². The van der Waals surface area contributed by atoms with Crippen LogP contribution >= 0.6 is 0 Å². The summed E-state index contributed by atoms with van der Waals surface area (Å²) in [4.78, 5) is 11.0. The Balaban J connectivity index is 2.83. The first-order chi connectivity index (χ1) is 8.02. The minimum absolute atomic E-state index is 0.0727. The molecule has 0 spiro atoms. The highest BCUT2D eigenvalue weighted by atomic mass is 19.2. The largest absolute Gasteiger partial charge is 0.721 e. The lowest BCUT2D eigenvalue weighted by molar-refractivity contribution is -0.118. The number of carbonyl (C=O) groups is 1. The molecule has 0 aliphatic carbocycles. The zero-order valence-corrected chi connectivity index (χ0v) is 9.65. The monoisotopic (exact) mass is 242 g/mol. The van der Waals surface area contributed by atoms with Crippen molar-refractivity contribution in [2.75, 3.05) is 7.11 Å². The first-order valence-electron chi connectivity index (χ1n) is 5.10. The zero-order chi connectivity index (χ0) is 12.8. The normalized spacial score (nSPS) is 12.0. The highest BCUT2D eigenvalue weighted by Gasteiger charge is 2.24. The van der Waals surface area contributed by atoms with E-state index >= 15 is 0 Å². The molecule has 92 valence electrons. The third-order valence-electron chi connectivity index (χ3n) is 2.23. The van der Waals surface area contributed by atoms with E-state index in [9.17, 15) is 13.4 Å². The number of ketones is 1. The molecule has 0 heterocycles. The van der Waals surface area contributed by atoms with Gasteiger partial charge < -0.3 is 9.39 Å². The third-order valence-corrected chi connectivity index (χ3v) is 2.23. The van der Waals surface area contributed by atoms with Crippen LogP contribution in [-0.2, 0) is 9.45 Å². The number of hydrogen-bond donors (Lipinski definition) is 0. The SMILES string of the molecule is COc1ccc([C@H](CC(C)=O)OB(F)F)cc1. The summed E-state index contributed by atoms with van der Waals surface area (Å²) in [6.45, 7) is 1.34. The molecular formula is C11H13BF2O3. The number of hydrogen-bond acceptors (Lipinski definition) is 3. The summed E-state index contributed by atoms with van der Waals surface area (Å²) < 4.78 is 33.8. The quantitative estimate of drug-likeness (QED) is 0.719. The van der Waals surface area contributed by atoms with E-state index in [1.807, 2.05) is 0 Å². The summed E-state index contributed by atoms with van der Waals surface area (Å²) in [5, 5.41) is 0. The molecule has 6 heteroatoms. The lowest BCUT2D eigenvalue weighted by Gasteiger charge is -2.16. The van der Waals surface area contributed by atoms with E-state index in [0.717, 1.165) is 0 Å². The van der Waals surface area contributed by atoms with Crippen molar-refractivity contribution >= 4 is 13.3 Å². The van der Waals surface area contributed by atoms with Crippen molar-refractivity contribution in [1.29, 1.82) is 0 Å². The van der Waals surface area contributed by atoms with Crippen molar-refractivity contribution in [3.05, 3.63) is 29.8 Å². The highest BCUT2D eigenvalue weighted by Crippen LogP contribution is 2.25. The molecular weight excluding hydrogens is 229 g/mol. The summed E-state index contributed by atoms with van der Waals surface area (Å²) in [5.74, 6) is 0.416. The Morgan fingerprint density at radius 1 is 1.35 bits per heavy atom. The third kappa shape index (κ3) is 4.52. The van der Waals surface area contributed by atoms with Crippen molar-refractivity contribution in [3.63, 3.8) is 0 Å². The molecule has 0 saturated carbocycles. The topological polar surface area (TPSA) is 35.5 Å². The van der Waals surface area contributed by atoms with Crippen molar-refractivity contribution < 1.29 is 22.8 Å². The van der Waals surface area contributed by atoms with Gasteiger partial charge in [-0.2, -0.15) is 0 Å². The minimum atomic E-state index is -2.90. The second-order valence-electron chi connectivity index (χ2n) is 3.56. The maximum Gasteiger partial charge on any atom is 0.721 e. The Morgan fingerprint density at radius 3 is 2.35 bits per heavy atom. The van der Waals surface area contributed by atoms with Crippen LogP contribution < -0.4 is 4.74 Å². The molecule has 0 fully saturated rings. The lowest BCUT2D eigenvalue weighted by atomic mass is 10.0. The van der Waals surface area contributed by atoms with Crippen LogP contribution in [0.1, 0.15) is 25.0 Å². The van der Waals surface area contributed by atoms with Gasteiger partial charge in [-0.3, -0.25) is 13.4 Å². The van der Waals surface area contributed by atoms with E-state index in [1.165, 1.54) is 14.0 Å². The van der Waals surface area contributed by atoms with Gasteiger partial charge in [0.1, 0.15) is 11.5 Å². The van der Waals surface area contributed by atoms with Crippen LogP contribution in [-0.4, -0.2) is 20.4 Å². The van der Waals surface area contributed by atoms with Crippen molar-refractivity contribution in [3.8, 4) is 5.75 Å². The predicted octanol–water partition coefficient (Wildman–Crippen LogP) is 2.66. The van der Waals surface area contributed by atoms with E-state index < -0.39 is 13.6 Å². The summed E-state index contributed by atoms with van der Waals surface area (Å²) in [7, 11) is -1.39. The Kier molecular flexibility index (Phi) is 5.09. The van der Waals surface area contributed by atoms with Gasteiger partial charge in [0, 0.05) is 6.42 Å². The second-order valence-corrected chi connectivity index (χ2v) is 3.56. The van der Waals surface area contributed by atoms with Crippen LogP contribution in [0.5, 0.6) is 5.75 Å². The van der Waals surface area contributed by atoms with Crippen LogP contribution in [0, 0.1) is 0 Å². The summed E-state index contributed by atoms with van der Waals surface area (Å²) in [5.41, 5.74) is 0.529. The molecule has 17 heavy (non-hydrogen) atoms. The summed E-state index contributed by atoms with van der Waals surface area (Å²) in [6, 6.07) is 6.48. The van der Waals surface area contributed by atoms with Crippen LogP contribution in [0.2, 0.25) is 0 Å². The fourth-order valence-electron chi connectivity index (χ4n) is 1.45. The summed E-state index contributed by atoms with van der Waals surface area (Å²) in [6.07, 6.45) is -0.991. The fraction of sp³-hybridized carbons (Fsp3) is 0.364. The number of halogens is 2. The Morgan fingerprint density at radius 2 is 1.94 bits per heavy atom. The molecule has 0 N–H and O–H groups in total. The van der Waals surface area contributed by atoms with E-state index in [2.05, 4.69) is 4.65 Å². The van der Waals surface area contributed by atoms with Crippen molar-refractivity contribution in [2.24, 2.45) is 0 Å². The maximum atomic E-state index is 12.2. The smallest absolute Gasteiger partial charge is 0.497 e. The number of carbonyl (C=O) groups excluding carboxylic acids is 1. The number of Topliss-reactive ketones (excluding diaryl/α,β-unsaturated/α-hetero) is 1. The number of ether oxygens (including phenoxy) is 1. The molecule has 1 aromatic rings. The van der Waals surface area contributed by atoms with Crippen LogP contribution in [0.25, 0.3) is 0 Å². The lowest BCUT2D eigenvalue weighted by Crippen LogP contribution is -2.15. The molecule has 0 radical (unpaired) electrons. The molecule has 0 unspecified atom stereocenters. The van der Waals surface area contributed by atoms with Gasteiger partial charge in [0.15, 0.2) is 0 Å². The maximum absolute atomic E-state index is 12.2. The first kappa shape index (κ1) is 13.6. The molecule has 0 saturated heterocycles. The number of methoxy groups -OCH3 is 1. The number of benzene rings is 1. The van der Waals surface area contributed by atoms with E-state index in [1.54, 1.807) is 24.3 Å². The molecule has 1 aromatic carbocycles. The van der Waals surface area contributed by atoms with E-state index in [4.69, 9.17) is 4.74 Å². The van der Waals surface area contributed by atoms with Gasteiger partial charge in [-0.1, -0.05) is 12.1 Å². The number of rotatable bonds is 6. The summed E-state index contributed by atoms with van der Waals surface area (Å²) >= 11 is 0. The van der Waals surface area contributed by atoms with Crippen molar-refractivity contribution in [2.45, 2.75) is 19.4 Å². The van der Waals surface area contributed by atoms with Gasteiger partial charge in [-0.15, -0.1) is 0 Å². The van der Waals surface area contributed by atoms with Gasteiger partial charge in [-0.05, 0) is 24.6 Å². The van der Waals surface area contributed by atoms with Gasteiger partial charge in [-0.25, -0.2) is 0 Å². The Bertz CT molecular complexity index is 367. The molecule has 3 nitrogen and oxygen atoms in total. The standard InChI is InChI=1S/C11H13BF2O3/c1-8(15)7-11(17-12(13)14)9-3-5-10(16-2)6-4-9/h3-6,11H,7H2,1-2H3/t11-/m0/s1. The van der Waals surface area contributed by atoms with Gasteiger partial charge in [0.25, 0.3) is 0 Å². The molecule has 0 bridgehead atoms. The Labute approximate surface area is 98.9 Å². The average molecular weight is 242 g/mol. The average Bonchev–Trinajstić information content (AvgIpc) is 2.27. The molecule has 0 aliphatic rings. The fourth-order valence-corrected chi connectivity index (χ4v) is 1.45. The van der Waals surface area contributed by atoms with Crippen LogP contribution in [0.15, 0.2) is 24.3 Å². The molecule has 1 rings (SSSR count). The van der Waals surface area contributed by atoms with Crippen molar-refractivity contribution in [1.82, 2.24) is 0 Å². The molecule has 1 atom stereocenters. The van der Waals surface area contributed by atoms with Crippen LogP contribution in [0.4, 0.5) is 8.63 Å². The van der Waals surface area contributed by atoms with Crippen LogP contribution in [0.3, 0.4) is 0 Å². The Hall–Kier alpha value is -1.43. The molecule has 0 amide bonds. The van der Waals surface area contributed by atoms with E-state index in [-0.39, 0.29) is 12.2 Å². The minimum Gasteiger partial charge on any atom is -0.497 e. The highest BCUT2D eigenvalue weighted by molar-refractivity contribution is 6.34. The molecule has 0 aromatic heterocycles.